The van der Waals surface area contributed by atoms with E-state index in [2.05, 4.69) is 0 Å². The lowest BCUT2D eigenvalue weighted by Gasteiger charge is -2.18. The second-order valence-electron chi connectivity index (χ2n) is 3.57. The molecule has 104 valence electrons. The molecule has 0 aliphatic carbocycles. The van der Waals surface area contributed by atoms with Gasteiger partial charge in [-0.25, -0.2) is 4.79 Å². The van der Waals surface area contributed by atoms with E-state index >= 15 is 0 Å². The molecule has 8 heteroatoms. The summed E-state index contributed by atoms with van der Waals surface area (Å²) < 4.78 is 4.74. The third-order valence-corrected chi connectivity index (χ3v) is 2.22. The molecule has 0 fully saturated rings. The number of hydrogen-bond donors (Lipinski definition) is 1. The van der Waals surface area contributed by atoms with Crippen LogP contribution in [0.25, 0.3) is 0 Å². The van der Waals surface area contributed by atoms with E-state index in [4.69, 9.17) is 14.7 Å². The maximum atomic E-state index is 10.9. The molecule has 0 unspecified atom stereocenters. The van der Waals surface area contributed by atoms with Crippen LogP contribution in [0.3, 0.4) is 0 Å². The molecule has 0 aliphatic rings. The molecule has 1 amide bonds. The molecule has 0 radical (unpaired) electrons. The third-order valence-electron chi connectivity index (χ3n) is 2.22. The lowest BCUT2D eigenvalue weighted by Crippen LogP contribution is -2.30. The Balaban J connectivity index is 2.63. The van der Waals surface area contributed by atoms with E-state index in [1.807, 2.05) is 0 Å². The van der Waals surface area contributed by atoms with Crippen LogP contribution >= 0.6 is 0 Å². The molecular weight excluding hydrogens is 256 g/mol. The molecule has 0 aromatic heterocycles. The first-order valence-electron chi connectivity index (χ1n) is 5.40. The van der Waals surface area contributed by atoms with Gasteiger partial charge in [-0.1, -0.05) is 12.1 Å². The zero-order valence-electron chi connectivity index (χ0n) is 10.3. The Morgan fingerprint density at radius 1 is 1.37 bits per heavy atom. The van der Waals surface area contributed by atoms with Crippen molar-refractivity contribution in [1.82, 2.24) is 5.06 Å². The van der Waals surface area contributed by atoms with E-state index in [-0.39, 0.29) is 25.4 Å². The molecule has 0 spiro atoms. The predicted molar refractivity (Wildman–Crippen MR) is 64.5 cm³/mol. The van der Waals surface area contributed by atoms with Crippen LogP contribution in [0.4, 0.5) is 10.5 Å². The number of nitro groups is 1. The Morgan fingerprint density at radius 2 is 2.00 bits per heavy atom. The number of rotatable bonds is 7. The zero-order valence-corrected chi connectivity index (χ0v) is 10.3. The van der Waals surface area contributed by atoms with E-state index in [1.54, 1.807) is 0 Å². The molecule has 0 saturated heterocycles. The monoisotopic (exact) mass is 270 g/mol. The van der Waals surface area contributed by atoms with Gasteiger partial charge in [0.15, 0.2) is 0 Å². The smallest absolute Gasteiger partial charge is 0.431 e. The van der Waals surface area contributed by atoms with E-state index < -0.39 is 11.0 Å². The normalized spacial score (nSPS) is 10.2. The number of nitro benzene ring substituents is 1. The fourth-order valence-electron chi connectivity index (χ4n) is 1.29. The molecule has 0 heterocycles. The standard InChI is InChI=1S/C11H14N2O6/c1-18-6-7-19-12(11(14)15)8-9-2-4-10(5-3-9)13(16)17/h2-5H,6-8H2,1H3,(H,14,15). The highest BCUT2D eigenvalue weighted by atomic mass is 16.7. The van der Waals surface area contributed by atoms with Crippen molar-refractivity contribution in [3.63, 3.8) is 0 Å². The van der Waals surface area contributed by atoms with Crippen molar-refractivity contribution in [2.24, 2.45) is 0 Å². The summed E-state index contributed by atoms with van der Waals surface area (Å²) >= 11 is 0. The van der Waals surface area contributed by atoms with Gasteiger partial charge < -0.3 is 9.84 Å². The number of benzene rings is 1. The van der Waals surface area contributed by atoms with Gasteiger partial charge in [-0.05, 0) is 5.56 Å². The van der Waals surface area contributed by atoms with Crippen molar-refractivity contribution in [2.45, 2.75) is 6.54 Å². The first-order valence-corrected chi connectivity index (χ1v) is 5.40. The minimum atomic E-state index is -1.24. The first-order chi connectivity index (χ1) is 9.04. The summed E-state index contributed by atoms with van der Waals surface area (Å²) in [6.45, 7) is 0.358. The minimum absolute atomic E-state index is 0.0168. The largest absolute Gasteiger partial charge is 0.463 e. The van der Waals surface area contributed by atoms with Gasteiger partial charge in [0.1, 0.15) is 0 Å². The second-order valence-corrected chi connectivity index (χ2v) is 3.57. The van der Waals surface area contributed by atoms with Gasteiger partial charge in [0.25, 0.3) is 5.69 Å². The summed E-state index contributed by atoms with van der Waals surface area (Å²) in [4.78, 5) is 25.9. The summed E-state index contributed by atoms with van der Waals surface area (Å²) in [5.41, 5.74) is 0.538. The molecule has 1 aromatic carbocycles. The van der Waals surface area contributed by atoms with Crippen molar-refractivity contribution in [1.29, 1.82) is 0 Å². The van der Waals surface area contributed by atoms with Gasteiger partial charge >= 0.3 is 6.09 Å². The quantitative estimate of drug-likeness (QED) is 0.459. The number of ether oxygens (including phenoxy) is 1. The first kappa shape index (κ1) is 14.9. The average Bonchev–Trinajstić information content (AvgIpc) is 2.38. The molecule has 1 aromatic rings. The summed E-state index contributed by atoms with van der Waals surface area (Å²) in [7, 11) is 1.48. The average molecular weight is 270 g/mol. The zero-order chi connectivity index (χ0) is 14.3. The van der Waals surface area contributed by atoms with Crippen molar-refractivity contribution >= 4 is 11.8 Å². The number of hydrogen-bond acceptors (Lipinski definition) is 5. The van der Waals surface area contributed by atoms with Gasteiger partial charge in [0.05, 0.1) is 24.7 Å². The van der Waals surface area contributed by atoms with Crippen LogP contribution in [0.5, 0.6) is 0 Å². The Hall–Kier alpha value is -2.19. The lowest BCUT2D eigenvalue weighted by atomic mass is 10.2. The number of non-ortho nitro benzene ring substituents is 1. The number of carbonyl (C=O) groups is 1. The van der Waals surface area contributed by atoms with Gasteiger partial charge in [-0.3, -0.25) is 15.0 Å². The minimum Gasteiger partial charge on any atom is -0.463 e. The number of methoxy groups -OCH3 is 1. The van der Waals surface area contributed by atoms with E-state index in [0.717, 1.165) is 5.06 Å². The number of amides is 1. The lowest BCUT2D eigenvalue weighted by molar-refractivity contribution is -0.384. The van der Waals surface area contributed by atoms with Crippen LogP contribution in [-0.2, 0) is 16.1 Å². The van der Waals surface area contributed by atoms with Crippen molar-refractivity contribution in [3.05, 3.63) is 39.9 Å². The highest BCUT2D eigenvalue weighted by Crippen LogP contribution is 2.13. The fraction of sp³-hybridized carbons (Fsp3) is 0.364. The molecular formula is C11H14N2O6. The number of hydroxylamine groups is 2. The van der Waals surface area contributed by atoms with Crippen LogP contribution < -0.4 is 0 Å². The predicted octanol–water partition coefficient (Wildman–Crippen LogP) is 1.65. The van der Waals surface area contributed by atoms with Gasteiger partial charge in [0.2, 0.25) is 0 Å². The van der Waals surface area contributed by atoms with Gasteiger partial charge in [-0.2, -0.15) is 5.06 Å². The molecule has 1 N–H and O–H groups in total. The van der Waals surface area contributed by atoms with Gasteiger partial charge in [-0.15, -0.1) is 0 Å². The summed E-state index contributed by atoms with van der Waals surface area (Å²) in [6.07, 6.45) is -1.24. The molecule has 0 aliphatic heterocycles. The van der Waals surface area contributed by atoms with Crippen molar-refractivity contribution in [2.75, 3.05) is 20.3 Å². The van der Waals surface area contributed by atoms with Crippen LogP contribution in [0.1, 0.15) is 5.56 Å². The topological polar surface area (TPSA) is 102 Å². The number of carboxylic acid groups (broad SMARTS) is 1. The summed E-state index contributed by atoms with van der Waals surface area (Å²) in [5, 5.41) is 20.2. The Kier molecular flexibility index (Phi) is 5.71. The van der Waals surface area contributed by atoms with Gasteiger partial charge in [0, 0.05) is 19.2 Å². The Morgan fingerprint density at radius 3 is 2.47 bits per heavy atom. The maximum Gasteiger partial charge on any atom is 0.431 e. The molecule has 0 bridgehead atoms. The van der Waals surface area contributed by atoms with Crippen LogP contribution in [0.15, 0.2) is 24.3 Å². The van der Waals surface area contributed by atoms with Crippen LogP contribution in [-0.4, -0.2) is 41.5 Å². The molecule has 0 saturated carbocycles. The molecule has 1 rings (SSSR count). The highest BCUT2D eigenvalue weighted by molar-refractivity contribution is 5.63. The fourth-order valence-corrected chi connectivity index (χ4v) is 1.29. The van der Waals surface area contributed by atoms with Crippen molar-refractivity contribution in [3.8, 4) is 0 Å². The molecule has 19 heavy (non-hydrogen) atoms. The molecule has 8 nitrogen and oxygen atoms in total. The summed E-state index contributed by atoms with van der Waals surface area (Å²) in [5.74, 6) is 0. The Bertz CT molecular complexity index is 433. The highest BCUT2D eigenvalue weighted by Gasteiger charge is 2.14. The number of nitrogens with zero attached hydrogens (tertiary/aromatic N) is 2. The summed E-state index contributed by atoms with van der Waals surface area (Å²) in [6, 6.07) is 5.58. The van der Waals surface area contributed by atoms with E-state index in [1.165, 1.54) is 31.4 Å². The third kappa shape index (κ3) is 4.90. The van der Waals surface area contributed by atoms with Crippen LogP contribution in [0.2, 0.25) is 0 Å². The molecule has 0 atom stereocenters. The van der Waals surface area contributed by atoms with Crippen molar-refractivity contribution < 1.29 is 24.4 Å². The Labute approximate surface area is 109 Å². The second kappa shape index (κ2) is 7.29. The van der Waals surface area contributed by atoms with Crippen LogP contribution in [0, 0.1) is 10.1 Å². The van der Waals surface area contributed by atoms with E-state index in [9.17, 15) is 14.9 Å². The van der Waals surface area contributed by atoms with E-state index in [0.29, 0.717) is 5.56 Å². The maximum absolute atomic E-state index is 10.9. The SMILES string of the molecule is COCCON(Cc1ccc([N+](=O)[O-])cc1)C(=O)O.